The van der Waals surface area contributed by atoms with Crippen LogP contribution in [-0.4, -0.2) is 6.21 Å². The third-order valence-corrected chi connectivity index (χ3v) is 1.79. The molecule has 0 saturated heterocycles. The maximum absolute atomic E-state index is 4.05. The van der Waals surface area contributed by atoms with Gasteiger partial charge in [-0.1, -0.05) is 19.4 Å². The maximum Gasteiger partial charge on any atom is 0.00987 e. The van der Waals surface area contributed by atoms with Crippen LogP contribution in [-0.2, 0) is 0 Å². The summed E-state index contributed by atoms with van der Waals surface area (Å²) >= 11 is 1.55. The van der Waals surface area contributed by atoms with Crippen LogP contribution in [0.3, 0.4) is 0 Å². The molecule has 0 unspecified atom stereocenters. The predicted molar refractivity (Wildman–Crippen MR) is 50.4 cm³/mol. The molecule has 0 aliphatic rings. The van der Waals surface area contributed by atoms with Gasteiger partial charge in [0.15, 0.2) is 0 Å². The summed E-state index contributed by atoms with van der Waals surface area (Å²) in [5.41, 5.74) is 0. The van der Waals surface area contributed by atoms with Crippen molar-refractivity contribution in [3.8, 4) is 0 Å². The minimum absolute atomic E-state index is 1.16. The molecule has 1 nitrogen and oxygen atoms in total. The van der Waals surface area contributed by atoms with E-state index in [1.165, 1.54) is 11.3 Å². The molecule has 0 rings (SSSR count). The topological polar surface area (TPSA) is 12.4 Å². The van der Waals surface area contributed by atoms with Crippen LogP contribution in [0.15, 0.2) is 15.4 Å². The molecule has 58 valence electrons. The summed E-state index contributed by atoms with van der Waals surface area (Å²) in [5, 5.41) is 0. The molecule has 0 radical (unpaired) electrons. The van der Waals surface area contributed by atoms with E-state index in [1.54, 1.807) is 11.9 Å². The van der Waals surface area contributed by atoms with Gasteiger partial charge in [0, 0.05) is 23.1 Å². The van der Waals surface area contributed by atoms with E-state index < -0.39 is 0 Å². The molecule has 0 bridgehead atoms. The highest BCUT2D eigenvalue weighted by Gasteiger charge is 1.84. The van der Waals surface area contributed by atoms with Crippen LogP contribution in [0, 0.1) is 0 Å². The molecule has 0 saturated carbocycles. The zero-order valence-corrected chi connectivity index (χ0v) is 7.74. The largest absolute Gasteiger partial charge is 0.224 e. The Kier molecular flexibility index (Phi) is 6.71. The highest BCUT2D eigenvalue weighted by atomic mass is 32.2. The van der Waals surface area contributed by atoms with Gasteiger partial charge in [-0.3, -0.25) is 0 Å². The number of allylic oxidation sites excluding steroid dienone is 2. The maximum atomic E-state index is 4.05. The highest BCUT2D eigenvalue weighted by molar-refractivity contribution is 8.01. The molecule has 0 spiro atoms. The lowest BCUT2D eigenvalue weighted by atomic mass is 10.3. The Morgan fingerprint density at radius 2 is 2.30 bits per heavy atom. The molecule has 2 heteroatoms. The number of unbranched alkanes of at least 4 members (excludes halogenated alkanes) is 1. The van der Waals surface area contributed by atoms with Crippen LogP contribution in [0.25, 0.3) is 0 Å². The molecule has 0 fully saturated rings. The predicted octanol–water partition coefficient (Wildman–Crippen LogP) is 3.43. The first-order chi connectivity index (χ1) is 4.81. The molecule has 0 aromatic heterocycles. The van der Waals surface area contributed by atoms with E-state index in [9.17, 15) is 0 Å². The van der Waals surface area contributed by atoms with Gasteiger partial charge in [0.1, 0.15) is 0 Å². The molecule has 0 aromatic rings. The lowest BCUT2D eigenvalue weighted by Crippen LogP contribution is -1.66. The van der Waals surface area contributed by atoms with E-state index in [0.717, 1.165) is 6.42 Å². The van der Waals surface area contributed by atoms with Crippen molar-refractivity contribution in [3.63, 3.8) is 0 Å². The van der Waals surface area contributed by atoms with Crippen LogP contribution in [0.4, 0.5) is 0 Å². The normalized spacial score (nSPS) is 12.9. The van der Waals surface area contributed by atoms with E-state index >= 15 is 0 Å². The van der Waals surface area contributed by atoms with Crippen LogP contribution in [0.1, 0.15) is 33.6 Å². The summed E-state index contributed by atoms with van der Waals surface area (Å²) in [6, 6.07) is 0. The quantitative estimate of drug-likeness (QED) is 0.450. The number of hydrogen-bond acceptors (Lipinski definition) is 2. The van der Waals surface area contributed by atoms with Gasteiger partial charge in [-0.25, -0.2) is 4.40 Å². The van der Waals surface area contributed by atoms with E-state index in [0.29, 0.717) is 0 Å². The molecule has 0 heterocycles. The van der Waals surface area contributed by atoms with E-state index in [4.69, 9.17) is 0 Å². The van der Waals surface area contributed by atoms with Crippen molar-refractivity contribution >= 4 is 18.2 Å². The first-order valence-corrected chi connectivity index (χ1v) is 4.40. The Bertz CT molecular complexity index is 127. The van der Waals surface area contributed by atoms with Gasteiger partial charge >= 0.3 is 0 Å². The van der Waals surface area contributed by atoms with Crippen LogP contribution >= 0.6 is 11.9 Å². The summed E-state index contributed by atoms with van der Waals surface area (Å²) in [5.74, 6) is 0. The third kappa shape index (κ3) is 5.89. The van der Waals surface area contributed by atoms with Crippen molar-refractivity contribution in [2.45, 2.75) is 33.6 Å². The van der Waals surface area contributed by atoms with E-state index in [1.807, 2.05) is 13.1 Å². The number of hydrogen-bond donors (Lipinski definition) is 0. The first-order valence-electron chi connectivity index (χ1n) is 3.63. The summed E-state index contributed by atoms with van der Waals surface area (Å²) < 4.78 is 4.05. The Morgan fingerprint density at radius 1 is 1.60 bits per heavy atom. The summed E-state index contributed by atoms with van der Waals surface area (Å²) in [6.45, 7) is 6.20. The van der Waals surface area contributed by atoms with Crippen molar-refractivity contribution in [1.82, 2.24) is 0 Å². The summed E-state index contributed by atoms with van der Waals surface area (Å²) in [4.78, 5) is 1.29. The van der Waals surface area contributed by atoms with Gasteiger partial charge in [-0.05, 0) is 20.3 Å². The average Bonchev–Trinajstić information content (AvgIpc) is 1.97. The molecule has 0 aromatic carbocycles. The second-order valence-corrected chi connectivity index (χ2v) is 3.10. The monoisotopic (exact) mass is 157 g/mol. The van der Waals surface area contributed by atoms with E-state index in [2.05, 4.69) is 24.3 Å². The third-order valence-electron chi connectivity index (χ3n) is 1.02. The number of nitrogens with zero attached hydrogens (tertiary/aromatic N) is 1. The van der Waals surface area contributed by atoms with Gasteiger partial charge in [-0.2, -0.15) is 0 Å². The van der Waals surface area contributed by atoms with Crippen LogP contribution in [0.2, 0.25) is 0 Å². The van der Waals surface area contributed by atoms with Crippen molar-refractivity contribution in [1.29, 1.82) is 0 Å². The molecule has 0 amide bonds. The molecular formula is C8H15NS. The van der Waals surface area contributed by atoms with Gasteiger partial charge in [0.2, 0.25) is 0 Å². The Balaban J connectivity index is 3.49. The molecular weight excluding hydrogens is 142 g/mol. The first kappa shape index (κ1) is 9.76. The van der Waals surface area contributed by atoms with Gasteiger partial charge in [-0.15, -0.1) is 0 Å². The van der Waals surface area contributed by atoms with Crippen molar-refractivity contribution < 1.29 is 0 Å². The van der Waals surface area contributed by atoms with Gasteiger partial charge in [0.25, 0.3) is 0 Å². The summed E-state index contributed by atoms with van der Waals surface area (Å²) in [7, 11) is 0. The van der Waals surface area contributed by atoms with Crippen molar-refractivity contribution in [3.05, 3.63) is 11.0 Å². The Labute approximate surface area is 67.8 Å². The number of rotatable bonds is 4. The minimum atomic E-state index is 1.16. The Morgan fingerprint density at radius 3 is 2.80 bits per heavy atom. The molecule has 10 heavy (non-hydrogen) atoms. The fourth-order valence-corrected chi connectivity index (χ4v) is 0.985. The fourth-order valence-electron chi connectivity index (χ4n) is 0.521. The lowest BCUT2D eigenvalue weighted by molar-refractivity contribution is 0.955. The zero-order valence-electron chi connectivity index (χ0n) is 6.92. The SMILES string of the molecule is C/C=N\S/C(C)=C/CCC. The molecule has 0 N–H and O–H groups in total. The van der Waals surface area contributed by atoms with Gasteiger partial charge in [0.05, 0.1) is 0 Å². The van der Waals surface area contributed by atoms with Crippen LogP contribution in [0.5, 0.6) is 0 Å². The van der Waals surface area contributed by atoms with E-state index in [-0.39, 0.29) is 0 Å². The highest BCUT2D eigenvalue weighted by Crippen LogP contribution is 2.15. The lowest BCUT2D eigenvalue weighted by Gasteiger charge is -1.91. The average molecular weight is 157 g/mol. The van der Waals surface area contributed by atoms with Crippen LogP contribution < -0.4 is 0 Å². The summed E-state index contributed by atoms with van der Waals surface area (Å²) in [6.07, 6.45) is 6.41. The van der Waals surface area contributed by atoms with Crippen molar-refractivity contribution in [2.75, 3.05) is 0 Å². The molecule has 0 aliphatic carbocycles. The second-order valence-electron chi connectivity index (χ2n) is 2.06. The smallest absolute Gasteiger partial charge is 0.00987 e. The minimum Gasteiger partial charge on any atom is -0.224 e. The second kappa shape index (κ2) is 6.87. The zero-order chi connectivity index (χ0) is 7.82. The van der Waals surface area contributed by atoms with Crippen molar-refractivity contribution in [2.24, 2.45) is 4.40 Å². The van der Waals surface area contributed by atoms with Gasteiger partial charge < -0.3 is 0 Å². The standard InChI is InChI=1S/C8H15NS/c1-4-6-7-8(3)10-9-5-2/h5,7H,4,6H2,1-3H3/b8-7+,9-5-. The fraction of sp³-hybridized carbons (Fsp3) is 0.625. The molecule has 0 atom stereocenters. The molecule has 0 aliphatic heterocycles. The Hall–Kier alpha value is -0.240.